The third-order valence-electron chi connectivity index (χ3n) is 3.86. The van der Waals surface area contributed by atoms with Crippen molar-refractivity contribution in [1.29, 1.82) is 0 Å². The molecule has 1 N–H and O–H groups in total. The number of hydrogen-bond acceptors (Lipinski definition) is 3. The van der Waals surface area contributed by atoms with Crippen molar-refractivity contribution in [3.8, 4) is 0 Å². The van der Waals surface area contributed by atoms with Crippen LogP contribution in [0.4, 0.5) is 0 Å². The summed E-state index contributed by atoms with van der Waals surface area (Å²) in [7, 11) is 0. The van der Waals surface area contributed by atoms with Crippen molar-refractivity contribution in [3.63, 3.8) is 0 Å². The SMILES string of the molecule is O=C(O)C12CCC(CC1)N1CC=CN12. The van der Waals surface area contributed by atoms with E-state index in [4.69, 9.17) is 0 Å². The number of rotatable bonds is 1. The van der Waals surface area contributed by atoms with Crippen molar-refractivity contribution < 1.29 is 9.90 Å². The van der Waals surface area contributed by atoms with Gasteiger partial charge in [0.15, 0.2) is 5.54 Å². The van der Waals surface area contributed by atoms with Crippen molar-refractivity contribution in [3.05, 3.63) is 12.3 Å². The number of aliphatic carboxylic acids is 1. The number of carboxylic acids is 1. The Morgan fingerprint density at radius 2 is 2.14 bits per heavy atom. The number of carbonyl (C=O) groups is 1. The average Bonchev–Trinajstić information content (AvgIpc) is 2.69. The maximum Gasteiger partial charge on any atom is 0.331 e. The van der Waals surface area contributed by atoms with Crippen molar-refractivity contribution in [2.75, 3.05) is 6.54 Å². The van der Waals surface area contributed by atoms with Gasteiger partial charge in [-0.15, -0.1) is 0 Å². The number of hydrogen-bond donors (Lipinski definition) is 1. The normalized spacial score (nSPS) is 40.3. The molecule has 3 heterocycles. The van der Waals surface area contributed by atoms with Gasteiger partial charge in [0.2, 0.25) is 0 Å². The number of carboxylic acid groups (broad SMARTS) is 1. The summed E-state index contributed by atoms with van der Waals surface area (Å²) in [5.74, 6) is -0.660. The third kappa shape index (κ3) is 0.798. The van der Waals surface area contributed by atoms with Crippen LogP contribution in [-0.2, 0) is 4.79 Å². The molecule has 0 amide bonds. The van der Waals surface area contributed by atoms with Crippen LogP contribution in [0.5, 0.6) is 0 Å². The summed E-state index contributed by atoms with van der Waals surface area (Å²) in [6, 6.07) is 0.575. The van der Waals surface area contributed by atoms with Crippen LogP contribution in [0.3, 0.4) is 0 Å². The molecule has 1 aliphatic carbocycles. The fourth-order valence-corrected chi connectivity index (χ4v) is 3.06. The second-order valence-electron chi connectivity index (χ2n) is 4.42. The van der Waals surface area contributed by atoms with Gasteiger partial charge in [0.05, 0.1) is 0 Å². The third-order valence-corrected chi connectivity index (χ3v) is 3.86. The van der Waals surface area contributed by atoms with Gasteiger partial charge in [0.1, 0.15) is 0 Å². The van der Waals surface area contributed by atoms with E-state index in [-0.39, 0.29) is 0 Å². The van der Waals surface area contributed by atoms with E-state index in [9.17, 15) is 9.90 Å². The highest BCUT2D eigenvalue weighted by molar-refractivity contribution is 5.79. The Balaban J connectivity index is 2.03. The second-order valence-corrected chi connectivity index (χ2v) is 4.42. The van der Waals surface area contributed by atoms with Crippen LogP contribution >= 0.6 is 0 Å². The summed E-state index contributed by atoms with van der Waals surface area (Å²) < 4.78 is 0. The van der Waals surface area contributed by atoms with Crippen LogP contribution in [0.1, 0.15) is 25.7 Å². The molecule has 0 unspecified atom stereocenters. The first-order chi connectivity index (χ1) is 6.74. The van der Waals surface area contributed by atoms with Crippen LogP contribution in [0, 0.1) is 0 Å². The van der Waals surface area contributed by atoms with E-state index in [1.54, 1.807) is 0 Å². The lowest BCUT2D eigenvalue weighted by molar-refractivity contribution is -0.191. The molecule has 3 aliphatic heterocycles. The number of hydrazine groups is 1. The van der Waals surface area contributed by atoms with Crippen LogP contribution in [0.25, 0.3) is 0 Å². The van der Waals surface area contributed by atoms with Crippen molar-refractivity contribution in [2.45, 2.75) is 37.3 Å². The van der Waals surface area contributed by atoms with Crippen LogP contribution in [-0.4, -0.2) is 39.2 Å². The summed E-state index contributed by atoms with van der Waals surface area (Å²) in [4.78, 5) is 11.4. The van der Waals surface area contributed by atoms with Gasteiger partial charge < -0.3 is 5.11 Å². The molecule has 2 saturated heterocycles. The Morgan fingerprint density at radius 3 is 2.79 bits per heavy atom. The molecule has 2 bridgehead atoms. The fraction of sp³-hybridized carbons (Fsp3) is 0.700. The molecule has 0 radical (unpaired) electrons. The Bertz CT molecular complexity index is 305. The van der Waals surface area contributed by atoms with E-state index >= 15 is 0 Å². The fourth-order valence-electron chi connectivity index (χ4n) is 3.06. The monoisotopic (exact) mass is 194 g/mol. The summed E-state index contributed by atoms with van der Waals surface area (Å²) in [6.45, 7) is 0.889. The molecule has 0 aromatic heterocycles. The summed E-state index contributed by atoms with van der Waals surface area (Å²) in [5.41, 5.74) is -0.623. The minimum Gasteiger partial charge on any atom is -0.479 e. The first-order valence-corrected chi connectivity index (χ1v) is 5.20. The molecule has 0 atom stereocenters. The van der Waals surface area contributed by atoms with Crippen molar-refractivity contribution in [1.82, 2.24) is 10.0 Å². The Kier molecular flexibility index (Phi) is 1.49. The van der Waals surface area contributed by atoms with Gasteiger partial charge in [-0.2, -0.15) is 0 Å². The van der Waals surface area contributed by atoms with E-state index in [0.29, 0.717) is 6.04 Å². The molecule has 3 fully saturated rings. The highest BCUT2D eigenvalue weighted by atomic mass is 16.4. The highest BCUT2D eigenvalue weighted by Gasteiger charge is 2.55. The van der Waals surface area contributed by atoms with E-state index in [1.165, 1.54) is 0 Å². The first-order valence-electron chi connectivity index (χ1n) is 5.20. The smallest absolute Gasteiger partial charge is 0.331 e. The van der Waals surface area contributed by atoms with Crippen molar-refractivity contribution >= 4 is 5.97 Å². The minimum absolute atomic E-state index is 0.575. The Morgan fingerprint density at radius 1 is 1.43 bits per heavy atom. The molecule has 4 aliphatic rings. The number of fused-ring (bicyclic) bond motifs is 2. The summed E-state index contributed by atoms with van der Waals surface area (Å²) in [6.07, 6.45) is 7.66. The van der Waals surface area contributed by atoms with E-state index in [2.05, 4.69) is 11.1 Å². The molecular weight excluding hydrogens is 180 g/mol. The lowest BCUT2D eigenvalue weighted by Gasteiger charge is -2.56. The van der Waals surface area contributed by atoms with Gasteiger partial charge in [-0.3, -0.25) is 5.01 Å². The zero-order valence-corrected chi connectivity index (χ0v) is 8.02. The van der Waals surface area contributed by atoms with Crippen LogP contribution in [0.2, 0.25) is 0 Å². The zero-order valence-electron chi connectivity index (χ0n) is 8.02. The van der Waals surface area contributed by atoms with Gasteiger partial charge in [-0.25, -0.2) is 9.80 Å². The quantitative estimate of drug-likeness (QED) is 0.671. The molecular formula is C10H14N2O2. The Hall–Kier alpha value is -1.03. The molecule has 76 valence electrons. The molecule has 0 spiro atoms. The average molecular weight is 194 g/mol. The van der Waals surface area contributed by atoms with E-state index in [0.717, 1.165) is 32.2 Å². The lowest BCUT2D eigenvalue weighted by atomic mass is 9.76. The lowest BCUT2D eigenvalue weighted by Crippen LogP contribution is -2.67. The maximum absolute atomic E-state index is 11.4. The van der Waals surface area contributed by atoms with E-state index < -0.39 is 11.5 Å². The molecule has 0 aromatic carbocycles. The maximum atomic E-state index is 11.4. The molecule has 4 nitrogen and oxygen atoms in total. The van der Waals surface area contributed by atoms with Gasteiger partial charge >= 0.3 is 5.97 Å². The zero-order chi connectivity index (χ0) is 9.76. The molecule has 4 rings (SSSR count). The Labute approximate surface area is 82.8 Å². The van der Waals surface area contributed by atoms with Crippen molar-refractivity contribution in [2.24, 2.45) is 0 Å². The van der Waals surface area contributed by atoms with Gasteiger partial charge in [-0.1, -0.05) is 6.08 Å². The highest BCUT2D eigenvalue weighted by Crippen LogP contribution is 2.45. The molecule has 0 aromatic rings. The summed E-state index contributed by atoms with van der Waals surface area (Å²) in [5, 5.41) is 13.5. The van der Waals surface area contributed by atoms with E-state index in [1.807, 2.05) is 11.2 Å². The summed E-state index contributed by atoms with van der Waals surface area (Å²) >= 11 is 0. The topological polar surface area (TPSA) is 43.8 Å². The minimum atomic E-state index is -0.660. The van der Waals surface area contributed by atoms with Crippen LogP contribution < -0.4 is 0 Å². The predicted octanol–water partition coefficient (Wildman–Crippen LogP) is 0.812. The standard InChI is InChI=1S/C10H14N2O2/c13-9(14)10-4-2-8(3-5-10)11-6-1-7-12(10)11/h1,7-8H,2-6H2,(H,13,14). The number of nitrogens with zero attached hydrogens (tertiary/aromatic N) is 2. The van der Waals surface area contributed by atoms with Gasteiger partial charge in [-0.05, 0) is 25.7 Å². The van der Waals surface area contributed by atoms with Crippen LogP contribution in [0.15, 0.2) is 12.3 Å². The second kappa shape index (κ2) is 2.51. The van der Waals surface area contributed by atoms with Gasteiger partial charge in [0, 0.05) is 18.8 Å². The molecule has 4 heteroatoms. The van der Waals surface area contributed by atoms with Gasteiger partial charge in [0.25, 0.3) is 0 Å². The first kappa shape index (κ1) is 8.29. The molecule has 1 saturated carbocycles. The largest absolute Gasteiger partial charge is 0.479 e. The molecule has 14 heavy (non-hydrogen) atoms. The predicted molar refractivity (Wildman–Crippen MR) is 50.3 cm³/mol.